The first kappa shape index (κ1) is 13.2. The lowest BCUT2D eigenvalue weighted by atomic mass is 9.95. The summed E-state index contributed by atoms with van der Waals surface area (Å²) in [6.45, 7) is 10.9. The summed E-state index contributed by atoms with van der Waals surface area (Å²) in [5.41, 5.74) is 1.28. The van der Waals surface area contributed by atoms with Crippen molar-refractivity contribution >= 4 is 0 Å². The second-order valence-corrected chi connectivity index (χ2v) is 4.42. The number of rotatable bonds is 7. The molecule has 0 saturated carbocycles. The molecular formula is C13H25N3. The lowest BCUT2D eigenvalue weighted by Gasteiger charge is -2.22. The molecule has 0 aliphatic carbocycles. The Bertz CT molecular complexity index is 289. The van der Waals surface area contributed by atoms with E-state index in [0.717, 1.165) is 19.0 Å². The van der Waals surface area contributed by atoms with Gasteiger partial charge >= 0.3 is 0 Å². The van der Waals surface area contributed by atoms with Crippen LogP contribution in [0.25, 0.3) is 0 Å². The molecule has 0 aromatic carbocycles. The highest BCUT2D eigenvalue weighted by atomic mass is 15.1. The van der Waals surface area contributed by atoms with Gasteiger partial charge in [0.25, 0.3) is 0 Å². The molecule has 0 fully saturated rings. The number of hydrogen-bond donors (Lipinski definition) is 1. The Morgan fingerprint density at radius 1 is 1.31 bits per heavy atom. The Kier molecular flexibility index (Phi) is 5.53. The number of hydrogen-bond acceptors (Lipinski definition) is 2. The van der Waals surface area contributed by atoms with Gasteiger partial charge in [0.1, 0.15) is 0 Å². The summed E-state index contributed by atoms with van der Waals surface area (Å²) in [5.74, 6) is 0.776. The first-order chi connectivity index (χ1) is 7.72. The minimum Gasteiger partial charge on any atom is -0.334 e. The molecule has 16 heavy (non-hydrogen) atoms. The summed E-state index contributed by atoms with van der Waals surface area (Å²) in [6.07, 6.45) is 6.35. The topological polar surface area (TPSA) is 29.9 Å². The van der Waals surface area contributed by atoms with Crippen molar-refractivity contribution in [2.24, 2.45) is 5.92 Å². The SMILES string of the molecule is CCC(CC)C(C)NCc1cncn1CC. The van der Waals surface area contributed by atoms with Crippen LogP contribution in [-0.2, 0) is 13.1 Å². The molecule has 1 atom stereocenters. The van der Waals surface area contributed by atoms with E-state index in [9.17, 15) is 0 Å². The molecule has 0 amide bonds. The average molecular weight is 223 g/mol. The van der Waals surface area contributed by atoms with Gasteiger partial charge in [-0.3, -0.25) is 0 Å². The monoisotopic (exact) mass is 223 g/mol. The van der Waals surface area contributed by atoms with Crippen molar-refractivity contribution in [3.8, 4) is 0 Å². The number of nitrogens with zero attached hydrogens (tertiary/aromatic N) is 2. The van der Waals surface area contributed by atoms with E-state index in [4.69, 9.17) is 0 Å². The van der Waals surface area contributed by atoms with Crippen molar-refractivity contribution in [3.63, 3.8) is 0 Å². The predicted octanol–water partition coefficient (Wildman–Crippen LogP) is 2.82. The van der Waals surface area contributed by atoms with Gasteiger partial charge in [0.2, 0.25) is 0 Å². The molecular weight excluding hydrogens is 198 g/mol. The highest BCUT2D eigenvalue weighted by molar-refractivity contribution is 4.98. The first-order valence-electron chi connectivity index (χ1n) is 6.45. The van der Waals surface area contributed by atoms with Gasteiger partial charge in [-0.15, -0.1) is 0 Å². The van der Waals surface area contributed by atoms with E-state index < -0.39 is 0 Å². The Hall–Kier alpha value is -0.830. The van der Waals surface area contributed by atoms with Crippen LogP contribution in [0.5, 0.6) is 0 Å². The fraction of sp³-hybridized carbons (Fsp3) is 0.769. The minimum atomic E-state index is 0.579. The van der Waals surface area contributed by atoms with Gasteiger partial charge in [-0.1, -0.05) is 26.7 Å². The summed E-state index contributed by atoms with van der Waals surface area (Å²) in [6, 6.07) is 0.579. The molecule has 0 radical (unpaired) electrons. The lowest BCUT2D eigenvalue weighted by molar-refractivity contribution is 0.350. The third kappa shape index (κ3) is 3.34. The van der Waals surface area contributed by atoms with Crippen LogP contribution >= 0.6 is 0 Å². The van der Waals surface area contributed by atoms with E-state index in [2.05, 4.69) is 42.6 Å². The van der Waals surface area contributed by atoms with Crippen LogP contribution < -0.4 is 5.32 Å². The molecule has 0 aliphatic rings. The van der Waals surface area contributed by atoms with E-state index in [1.54, 1.807) is 0 Å². The Balaban J connectivity index is 2.45. The van der Waals surface area contributed by atoms with Crippen molar-refractivity contribution in [2.75, 3.05) is 0 Å². The van der Waals surface area contributed by atoms with E-state index in [0.29, 0.717) is 6.04 Å². The molecule has 92 valence electrons. The molecule has 1 unspecified atom stereocenters. The zero-order chi connectivity index (χ0) is 12.0. The van der Waals surface area contributed by atoms with Gasteiger partial charge in [-0.2, -0.15) is 0 Å². The molecule has 3 heteroatoms. The van der Waals surface area contributed by atoms with Crippen LogP contribution in [0.2, 0.25) is 0 Å². The predicted molar refractivity (Wildman–Crippen MR) is 68.3 cm³/mol. The standard InChI is InChI=1S/C13H25N3/c1-5-12(6-2)11(4)15-9-13-8-14-10-16(13)7-3/h8,10-12,15H,5-7,9H2,1-4H3. The first-order valence-corrected chi connectivity index (χ1v) is 6.45. The number of aromatic nitrogens is 2. The van der Waals surface area contributed by atoms with Crippen molar-refractivity contribution in [3.05, 3.63) is 18.2 Å². The summed E-state index contributed by atoms with van der Waals surface area (Å²) < 4.78 is 2.19. The van der Waals surface area contributed by atoms with Crippen LogP contribution in [0.15, 0.2) is 12.5 Å². The van der Waals surface area contributed by atoms with Crippen molar-refractivity contribution in [1.82, 2.24) is 14.9 Å². The molecule has 1 aromatic rings. The zero-order valence-corrected chi connectivity index (χ0v) is 11.0. The Morgan fingerprint density at radius 3 is 2.56 bits per heavy atom. The Labute approximate surface area is 99.3 Å². The highest BCUT2D eigenvalue weighted by Crippen LogP contribution is 2.13. The molecule has 0 bridgehead atoms. The minimum absolute atomic E-state index is 0.579. The average Bonchev–Trinajstić information content (AvgIpc) is 2.75. The molecule has 0 spiro atoms. The highest BCUT2D eigenvalue weighted by Gasteiger charge is 2.13. The number of aryl methyl sites for hydroxylation is 1. The van der Waals surface area contributed by atoms with E-state index in [-0.39, 0.29) is 0 Å². The second kappa shape index (κ2) is 6.69. The van der Waals surface area contributed by atoms with Gasteiger partial charge < -0.3 is 9.88 Å². The maximum absolute atomic E-state index is 4.18. The maximum Gasteiger partial charge on any atom is 0.0948 e. The van der Waals surface area contributed by atoms with Crippen molar-refractivity contribution in [2.45, 2.75) is 59.7 Å². The van der Waals surface area contributed by atoms with Gasteiger partial charge in [-0.05, 0) is 19.8 Å². The molecule has 1 rings (SSSR count). The normalized spacial score (nSPS) is 13.3. The Morgan fingerprint density at radius 2 is 2.00 bits per heavy atom. The van der Waals surface area contributed by atoms with Gasteiger partial charge in [0.15, 0.2) is 0 Å². The number of nitrogens with one attached hydrogen (secondary N) is 1. The summed E-state index contributed by atoms with van der Waals surface area (Å²) in [5, 5.41) is 3.60. The lowest BCUT2D eigenvalue weighted by Crippen LogP contribution is -2.33. The summed E-state index contributed by atoms with van der Waals surface area (Å²) in [7, 11) is 0. The van der Waals surface area contributed by atoms with Crippen LogP contribution in [0.3, 0.4) is 0 Å². The van der Waals surface area contributed by atoms with E-state index in [1.807, 2.05) is 12.5 Å². The van der Waals surface area contributed by atoms with Crippen LogP contribution in [0.4, 0.5) is 0 Å². The third-order valence-electron chi connectivity index (χ3n) is 3.50. The third-order valence-corrected chi connectivity index (χ3v) is 3.50. The van der Waals surface area contributed by atoms with Crippen LogP contribution in [-0.4, -0.2) is 15.6 Å². The summed E-state index contributed by atoms with van der Waals surface area (Å²) in [4.78, 5) is 4.18. The largest absolute Gasteiger partial charge is 0.334 e. The van der Waals surface area contributed by atoms with Crippen molar-refractivity contribution in [1.29, 1.82) is 0 Å². The van der Waals surface area contributed by atoms with Crippen molar-refractivity contribution < 1.29 is 0 Å². The van der Waals surface area contributed by atoms with E-state index in [1.165, 1.54) is 18.5 Å². The van der Waals surface area contributed by atoms with Gasteiger partial charge in [0, 0.05) is 25.3 Å². The molecule has 0 aliphatic heterocycles. The van der Waals surface area contributed by atoms with Crippen LogP contribution in [0.1, 0.15) is 46.2 Å². The van der Waals surface area contributed by atoms with Crippen LogP contribution in [0, 0.1) is 5.92 Å². The second-order valence-electron chi connectivity index (χ2n) is 4.42. The maximum atomic E-state index is 4.18. The molecule has 1 heterocycles. The molecule has 1 N–H and O–H groups in total. The fourth-order valence-electron chi connectivity index (χ4n) is 2.21. The fourth-order valence-corrected chi connectivity index (χ4v) is 2.21. The molecule has 0 saturated heterocycles. The van der Waals surface area contributed by atoms with Gasteiger partial charge in [0.05, 0.1) is 12.0 Å². The number of imidazole rings is 1. The quantitative estimate of drug-likeness (QED) is 0.770. The zero-order valence-electron chi connectivity index (χ0n) is 11.0. The van der Waals surface area contributed by atoms with Gasteiger partial charge in [-0.25, -0.2) is 4.98 Å². The smallest absolute Gasteiger partial charge is 0.0948 e. The summed E-state index contributed by atoms with van der Waals surface area (Å²) >= 11 is 0. The molecule has 1 aromatic heterocycles. The van der Waals surface area contributed by atoms with E-state index >= 15 is 0 Å². The molecule has 3 nitrogen and oxygen atoms in total.